The van der Waals surface area contributed by atoms with Crippen LogP contribution in [0, 0.1) is 17.7 Å². The molecule has 0 bridgehead atoms. The molecule has 0 aliphatic heterocycles. The number of nitrogens with two attached hydrogens (primary N) is 1. The summed E-state index contributed by atoms with van der Waals surface area (Å²) in [5.41, 5.74) is 7.41. The van der Waals surface area contributed by atoms with Gasteiger partial charge in [-0.3, -0.25) is 14.0 Å². The topological polar surface area (TPSA) is 65.8 Å². The summed E-state index contributed by atoms with van der Waals surface area (Å²) >= 11 is 0. The Labute approximate surface area is 171 Å². The van der Waals surface area contributed by atoms with Crippen LogP contribution in [0.2, 0.25) is 0 Å². The summed E-state index contributed by atoms with van der Waals surface area (Å²) in [6, 6.07) is 12.7. The van der Waals surface area contributed by atoms with Crippen molar-refractivity contribution in [2.75, 3.05) is 0 Å². The molecule has 0 radical (unpaired) electrons. The van der Waals surface area contributed by atoms with Crippen LogP contribution < -0.4 is 11.3 Å². The minimum atomic E-state index is -2.42. The van der Waals surface area contributed by atoms with Gasteiger partial charge in [0.05, 0.1) is 17.1 Å². The molecule has 4 rings (SSSR count). The van der Waals surface area contributed by atoms with Gasteiger partial charge in [-0.05, 0) is 37.3 Å². The van der Waals surface area contributed by atoms with Gasteiger partial charge < -0.3 is 5.73 Å². The lowest BCUT2D eigenvalue weighted by atomic mass is 10.0. The molecule has 0 unspecified atom stereocenters. The molecule has 0 aliphatic rings. The Kier molecular flexibility index (Phi) is 3.88. The van der Waals surface area contributed by atoms with E-state index in [1.54, 1.807) is 37.3 Å². The summed E-state index contributed by atoms with van der Waals surface area (Å²) in [6.07, 6.45) is 2.61. The van der Waals surface area contributed by atoms with Crippen LogP contribution in [0.3, 0.4) is 0 Å². The first-order valence-corrected chi connectivity index (χ1v) is 8.93. The minimum Gasteiger partial charge on any atom is -0.323 e. The molecule has 0 amide bonds. The van der Waals surface area contributed by atoms with Gasteiger partial charge in [0.15, 0.2) is 0 Å². The number of para-hydroxylation sites is 1. The number of hydrogen-bond acceptors (Lipinski definition) is 3. The van der Waals surface area contributed by atoms with E-state index in [9.17, 15) is 9.18 Å². The first-order valence-electron chi connectivity index (χ1n) is 10.4. The molecule has 6 heteroatoms. The number of benzene rings is 2. The maximum Gasteiger partial charge on any atom is 0.264 e. The molecule has 5 nitrogen and oxygen atoms in total. The van der Waals surface area contributed by atoms with E-state index in [1.807, 2.05) is 6.07 Å². The third-order valence-electron chi connectivity index (χ3n) is 4.56. The fourth-order valence-corrected chi connectivity index (χ4v) is 3.22. The molecule has 29 heavy (non-hydrogen) atoms. The van der Waals surface area contributed by atoms with Crippen LogP contribution >= 0.6 is 0 Å². The van der Waals surface area contributed by atoms with E-state index in [-0.39, 0.29) is 10.8 Å². The van der Waals surface area contributed by atoms with Gasteiger partial charge in [0, 0.05) is 45.7 Å². The fraction of sp³-hybridized carbons (Fsp3) is 0.130. The predicted octanol–water partition coefficient (Wildman–Crippen LogP) is 3.28. The Morgan fingerprint density at radius 1 is 1.21 bits per heavy atom. The maximum atomic E-state index is 14.7. The number of aryl methyl sites for hydroxylation is 1. The highest BCUT2D eigenvalue weighted by Crippen LogP contribution is 2.24. The zero-order chi connectivity index (χ0) is 23.0. The molecule has 0 aliphatic carbocycles. The summed E-state index contributed by atoms with van der Waals surface area (Å²) in [5.74, 6) is 5.12. The lowest BCUT2D eigenvalue weighted by Gasteiger charge is -2.18. The normalized spacial score (nSPS) is 13.8. The van der Waals surface area contributed by atoms with Crippen molar-refractivity contribution in [2.24, 2.45) is 12.7 Å². The van der Waals surface area contributed by atoms with Crippen LogP contribution in [-0.4, -0.2) is 14.3 Å². The summed E-state index contributed by atoms with van der Waals surface area (Å²) in [5, 5.41) is 4.03. The van der Waals surface area contributed by atoms with Crippen molar-refractivity contribution < 1.29 is 8.50 Å². The van der Waals surface area contributed by atoms with E-state index in [0.29, 0.717) is 22.5 Å². The molecule has 2 N–H and O–H groups in total. The zero-order valence-electron chi connectivity index (χ0n) is 18.6. The number of pyridine rings is 1. The summed E-state index contributed by atoms with van der Waals surface area (Å²) < 4.78 is 39.2. The molecule has 1 atom stereocenters. The summed E-state index contributed by atoms with van der Waals surface area (Å²) in [6.45, 7) is -0.689. The molecule has 0 spiro atoms. The van der Waals surface area contributed by atoms with Crippen LogP contribution in [0.1, 0.15) is 33.9 Å². The SMILES string of the molecule is [2H]C([2H])([2H])n1cc(C#Cc2ccc(F)c3cc([C@H](C)N)n(-c4ccccc4)c(=O)c23)cn1. The van der Waals surface area contributed by atoms with Crippen molar-refractivity contribution in [3.8, 4) is 17.5 Å². The van der Waals surface area contributed by atoms with Crippen molar-refractivity contribution in [3.63, 3.8) is 0 Å². The van der Waals surface area contributed by atoms with E-state index >= 15 is 0 Å². The molecule has 2 aromatic heterocycles. The first kappa shape index (κ1) is 15.3. The molecule has 2 aromatic carbocycles. The van der Waals surface area contributed by atoms with Crippen LogP contribution in [0.15, 0.2) is 65.7 Å². The quantitative estimate of drug-likeness (QED) is 0.535. The third kappa shape index (κ3) is 3.44. The van der Waals surface area contributed by atoms with Crippen LogP contribution in [0.25, 0.3) is 16.5 Å². The number of nitrogens with zero attached hydrogens (tertiary/aromatic N) is 3. The molecule has 4 aromatic rings. The zero-order valence-corrected chi connectivity index (χ0v) is 15.6. The monoisotopic (exact) mass is 389 g/mol. The molecule has 144 valence electrons. The predicted molar refractivity (Wildman–Crippen MR) is 111 cm³/mol. The number of halogens is 1. The third-order valence-corrected chi connectivity index (χ3v) is 4.56. The molecule has 0 fully saturated rings. The standard InChI is InChI=1S/C23H19FN4O/c1-15(25)21-12-19-20(24)11-10-17(9-8-16-13-26-27(2)14-16)22(19)23(29)28(21)18-6-4-3-5-7-18/h3-7,10-15H,25H2,1-2H3/t15-/m0/s1/i2D3. The fourth-order valence-electron chi connectivity index (χ4n) is 3.22. The maximum absolute atomic E-state index is 14.7. The van der Waals surface area contributed by atoms with Gasteiger partial charge in [-0.2, -0.15) is 5.10 Å². The summed E-state index contributed by atoms with van der Waals surface area (Å²) in [7, 11) is 0. The lowest BCUT2D eigenvalue weighted by molar-refractivity contribution is 0.638. The second-order valence-electron chi connectivity index (χ2n) is 6.64. The van der Waals surface area contributed by atoms with Gasteiger partial charge in [-0.15, -0.1) is 0 Å². The van der Waals surface area contributed by atoms with Gasteiger partial charge in [0.25, 0.3) is 5.56 Å². The Hall–Kier alpha value is -3.69. The Balaban J connectivity index is 1.96. The van der Waals surface area contributed by atoms with Gasteiger partial charge in [-0.1, -0.05) is 30.0 Å². The highest BCUT2D eigenvalue weighted by Gasteiger charge is 2.18. The number of hydrogen-bond donors (Lipinski definition) is 1. The van der Waals surface area contributed by atoms with Crippen molar-refractivity contribution in [1.82, 2.24) is 14.3 Å². The molecular weight excluding hydrogens is 367 g/mol. The van der Waals surface area contributed by atoms with Crippen LogP contribution in [0.5, 0.6) is 0 Å². The smallest absolute Gasteiger partial charge is 0.264 e. The average Bonchev–Trinajstić information content (AvgIpc) is 3.23. The molecule has 0 saturated carbocycles. The van der Waals surface area contributed by atoms with Gasteiger partial charge in [0.1, 0.15) is 5.82 Å². The highest BCUT2D eigenvalue weighted by molar-refractivity contribution is 5.89. The largest absolute Gasteiger partial charge is 0.323 e. The average molecular weight is 389 g/mol. The Bertz CT molecular complexity index is 1430. The Morgan fingerprint density at radius 3 is 2.69 bits per heavy atom. The molecule has 2 heterocycles. The number of aromatic nitrogens is 3. The molecule has 0 saturated heterocycles. The lowest BCUT2D eigenvalue weighted by Crippen LogP contribution is -2.26. The number of fused-ring (bicyclic) bond motifs is 1. The van der Waals surface area contributed by atoms with Crippen molar-refractivity contribution in [2.45, 2.75) is 13.0 Å². The van der Waals surface area contributed by atoms with E-state index in [4.69, 9.17) is 9.85 Å². The second-order valence-corrected chi connectivity index (χ2v) is 6.64. The number of rotatable bonds is 2. The van der Waals surface area contributed by atoms with Gasteiger partial charge in [-0.25, -0.2) is 4.39 Å². The van der Waals surface area contributed by atoms with Crippen molar-refractivity contribution in [3.05, 3.63) is 93.9 Å². The van der Waals surface area contributed by atoms with E-state index in [2.05, 4.69) is 16.9 Å². The Morgan fingerprint density at radius 2 is 2.00 bits per heavy atom. The first-order chi connectivity index (χ1) is 15.2. The van der Waals surface area contributed by atoms with E-state index in [0.717, 1.165) is 4.68 Å². The highest BCUT2D eigenvalue weighted by atomic mass is 19.1. The molecular formula is C23H19FN4O. The second kappa shape index (κ2) is 7.38. The van der Waals surface area contributed by atoms with Crippen LogP contribution in [0.4, 0.5) is 4.39 Å². The van der Waals surface area contributed by atoms with Gasteiger partial charge in [0.2, 0.25) is 0 Å². The van der Waals surface area contributed by atoms with Gasteiger partial charge >= 0.3 is 0 Å². The van der Waals surface area contributed by atoms with Crippen LogP contribution in [-0.2, 0) is 6.98 Å². The van der Waals surface area contributed by atoms with E-state index < -0.39 is 24.4 Å². The minimum absolute atomic E-state index is 0.119. The van der Waals surface area contributed by atoms with Crippen molar-refractivity contribution >= 4 is 10.8 Å². The van der Waals surface area contributed by atoms with E-state index in [1.165, 1.54) is 29.1 Å². The summed E-state index contributed by atoms with van der Waals surface area (Å²) in [4.78, 5) is 13.6. The van der Waals surface area contributed by atoms with Crippen molar-refractivity contribution in [1.29, 1.82) is 0 Å².